The molecule has 1 aromatic heterocycles. The maximum atomic E-state index is 12.8. The van der Waals surface area contributed by atoms with E-state index in [4.69, 9.17) is 0 Å². The van der Waals surface area contributed by atoms with Crippen molar-refractivity contribution in [2.24, 2.45) is 0 Å². The van der Waals surface area contributed by atoms with Gasteiger partial charge >= 0.3 is 0 Å². The molecule has 0 aliphatic rings. The van der Waals surface area contributed by atoms with E-state index in [1.807, 2.05) is 6.92 Å². The van der Waals surface area contributed by atoms with Crippen LogP contribution in [0.15, 0.2) is 18.3 Å². The standard InChI is InChI=1S/C15H24FN3O/c1-4-18(5-2)10-7-11-19(6-3)15(20)13-8-9-14(16)17-12-13/h8-9,12H,4-7,10-11H2,1-3H3. The molecule has 0 N–H and O–H groups in total. The number of pyridine rings is 1. The number of halogens is 1. The molecule has 1 rings (SSSR count). The van der Waals surface area contributed by atoms with Crippen molar-refractivity contribution in [2.45, 2.75) is 27.2 Å². The molecule has 20 heavy (non-hydrogen) atoms. The summed E-state index contributed by atoms with van der Waals surface area (Å²) in [6.07, 6.45) is 2.24. The van der Waals surface area contributed by atoms with Gasteiger partial charge in [0.15, 0.2) is 0 Å². The topological polar surface area (TPSA) is 36.4 Å². The van der Waals surface area contributed by atoms with E-state index in [1.54, 1.807) is 4.90 Å². The fraction of sp³-hybridized carbons (Fsp3) is 0.600. The number of carbonyl (C=O) groups excluding carboxylic acids is 1. The van der Waals surface area contributed by atoms with Crippen LogP contribution in [0.2, 0.25) is 0 Å². The summed E-state index contributed by atoms with van der Waals surface area (Å²) >= 11 is 0. The molecule has 0 fully saturated rings. The van der Waals surface area contributed by atoms with Crippen LogP contribution in [0.5, 0.6) is 0 Å². The summed E-state index contributed by atoms with van der Waals surface area (Å²) in [7, 11) is 0. The van der Waals surface area contributed by atoms with Gasteiger partial charge in [-0.3, -0.25) is 4.79 Å². The molecule has 0 unspecified atom stereocenters. The molecule has 0 saturated carbocycles. The summed E-state index contributed by atoms with van der Waals surface area (Å²) in [6.45, 7) is 10.6. The van der Waals surface area contributed by atoms with E-state index in [0.717, 1.165) is 26.1 Å². The number of nitrogens with zero attached hydrogens (tertiary/aromatic N) is 3. The van der Waals surface area contributed by atoms with E-state index in [1.165, 1.54) is 18.3 Å². The number of hydrogen-bond acceptors (Lipinski definition) is 3. The lowest BCUT2D eigenvalue weighted by molar-refractivity contribution is 0.0757. The van der Waals surface area contributed by atoms with Crippen LogP contribution in [-0.4, -0.2) is 53.4 Å². The van der Waals surface area contributed by atoms with Crippen LogP contribution in [-0.2, 0) is 0 Å². The summed E-state index contributed by atoms with van der Waals surface area (Å²) < 4.78 is 12.8. The highest BCUT2D eigenvalue weighted by Crippen LogP contribution is 2.05. The molecule has 0 radical (unpaired) electrons. The molecule has 112 valence electrons. The van der Waals surface area contributed by atoms with Crippen molar-refractivity contribution in [3.8, 4) is 0 Å². The number of amides is 1. The van der Waals surface area contributed by atoms with Crippen molar-refractivity contribution >= 4 is 5.91 Å². The van der Waals surface area contributed by atoms with Gasteiger partial charge in [-0.15, -0.1) is 0 Å². The number of rotatable bonds is 8. The van der Waals surface area contributed by atoms with Gasteiger partial charge in [-0.1, -0.05) is 13.8 Å². The Kier molecular flexibility index (Phi) is 7.15. The van der Waals surface area contributed by atoms with Crippen LogP contribution in [0.4, 0.5) is 4.39 Å². The van der Waals surface area contributed by atoms with Gasteiger partial charge in [-0.05, 0) is 45.1 Å². The fourth-order valence-corrected chi connectivity index (χ4v) is 2.11. The van der Waals surface area contributed by atoms with E-state index < -0.39 is 5.95 Å². The largest absolute Gasteiger partial charge is 0.339 e. The van der Waals surface area contributed by atoms with Crippen molar-refractivity contribution in [2.75, 3.05) is 32.7 Å². The molecule has 0 aliphatic carbocycles. The molecule has 1 heterocycles. The summed E-state index contributed by atoms with van der Waals surface area (Å²) in [4.78, 5) is 19.9. The zero-order valence-electron chi connectivity index (χ0n) is 12.6. The Labute approximate surface area is 120 Å². The minimum absolute atomic E-state index is 0.0838. The second-order valence-corrected chi connectivity index (χ2v) is 4.63. The van der Waals surface area contributed by atoms with Gasteiger partial charge in [0.05, 0.1) is 5.56 Å². The van der Waals surface area contributed by atoms with Gasteiger partial charge < -0.3 is 9.80 Å². The van der Waals surface area contributed by atoms with Crippen molar-refractivity contribution in [1.82, 2.24) is 14.8 Å². The van der Waals surface area contributed by atoms with Crippen molar-refractivity contribution < 1.29 is 9.18 Å². The minimum Gasteiger partial charge on any atom is -0.339 e. The molecule has 5 heteroatoms. The molecule has 0 aliphatic heterocycles. The van der Waals surface area contributed by atoms with E-state index in [-0.39, 0.29) is 5.91 Å². The molecule has 0 saturated heterocycles. The predicted molar refractivity (Wildman–Crippen MR) is 78.2 cm³/mol. The second-order valence-electron chi connectivity index (χ2n) is 4.63. The smallest absolute Gasteiger partial charge is 0.255 e. The van der Waals surface area contributed by atoms with Gasteiger partial charge in [0, 0.05) is 19.3 Å². The quantitative estimate of drug-likeness (QED) is 0.687. The SMILES string of the molecule is CCN(CC)CCCN(CC)C(=O)c1ccc(F)nc1. The third-order valence-electron chi connectivity index (χ3n) is 3.44. The number of aromatic nitrogens is 1. The number of carbonyl (C=O) groups is 1. The monoisotopic (exact) mass is 281 g/mol. The molecule has 0 atom stereocenters. The highest BCUT2D eigenvalue weighted by molar-refractivity contribution is 5.93. The summed E-state index contributed by atoms with van der Waals surface area (Å²) in [6, 6.07) is 2.70. The van der Waals surface area contributed by atoms with E-state index in [2.05, 4.69) is 23.7 Å². The molecule has 0 bridgehead atoms. The molecular formula is C15H24FN3O. The second kappa shape index (κ2) is 8.64. The van der Waals surface area contributed by atoms with Crippen molar-refractivity contribution in [3.63, 3.8) is 0 Å². The average molecular weight is 281 g/mol. The Hall–Kier alpha value is -1.49. The highest BCUT2D eigenvalue weighted by atomic mass is 19.1. The first kappa shape index (κ1) is 16.6. The normalized spacial score (nSPS) is 10.8. The van der Waals surface area contributed by atoms with Gasteiger partial charge in [-0.2, -0.15) is 4.39 Å². The first-order chi connectivity index (χ1) is 9.62. The van der Waals surface area contributed by atoms with Gasteiger partial charge in [-0.25, -0.2) is 4.98 Å². The molecule has 1 amide bonds. The Morgan fingerprint density at radius 2 is 1.85 bits per heavy atom. The van der Waals surface area contributed by atoms with Crippen LogP contribution in [0.1, 0.15) is 37.6 Å². The Morgan fingerprint density at radius 1 is 1.15 bits per heavy atom. The maximum Gasteiger partial charge on any atom is 0.255 e. The van der Waals surface area contributed by atoms with Crippen molar-refractivity contribution in [3.05, 3.63) is 29.8 Å². The molecule has 0 aromatic carbocycles. The maximum absolute atomic E-state index is 12.8. The minimum atomic E-state index is -0.564. The molecule has 4 nitrogen and oxygen atoms in total. The zero-order valence-corrected chi connectivity index (χ0v) is 12.6. The van der Waals surface area contributed by atoms with Crippen LogP contribution in [0, 0.1) is 5.95 Å². The third kappa shape index (κ3) is 4.89. The van der Waals surface area contributed by atoms with Crippen LogP contribution < -0.4 is 0 Å². The Balaban J connectivity index is 2.53. The molecule has 0 spiro atoms. The summed E-state index contributed by atoms with van der Waals surface area (Å²) in [5.41, 5.74) is 0.441. The lowest BCUT2D eigenvalue weighted by atomic mass is 10.2. The third-order valence-corrected chi connectivity index (χ3v) is 3.44. The van der Waals surface area contributed by atoms with Gasteiger partial charge in [0.2, 0.25) is 5.95 Å². The van der Waals surface area contributed by atoms with Crippen LogP contribution in [0.25, 0.3) is 0 Å². The molecular weight excluding hydrogens is 257 g/mol. The lowest BCUT2D eigenvalue weighted by Crippen LogP contribution is -2.34. The van der Waals surface area contributed by atoms with Crippen molar-refractivity contribution in [1.29, 1.82) is 0 Å². The van der Waals surface area contributed by atoms with Gasteiger partial charge in [0.25, 0.3) is 5.91 Å². The van der Waals surface area contributed by atoms with E-state index >= 15 is 0 Å². The van der Waals surface area contributed by atoms with E-state index in [0.29, 0.717) is 18.7 Å². The Bertz CT molecular complexity index is 404. The Morgan fingerprint density at radius 3 is 2.35 bits per heavy atom. The predicted octanol–water partition coefficient (Wildman–Crippen LogP) is 2.41. The van der Waals surface area contributed by atoms with Gasteiger partial charge in [0.1, 0.15) is 0 Å². The van der Waals surface area contributed by atoms with Crippen LogP contribution >= 0.6 is 0 Å². The summed E-state index contributed by atoms with van der Waals surface area (Å²) in [5, 5.41) is 0. The first-order valence-electron chi connectivity index (χ1n) is 7.25. The average Bonchev–Trinajstić information content (AvgIpc) is 2.48. The number of hydrogen-bond donors (Lipinski definition) is 0. The van der Waals surface area contributed by atoms with E-state index in [9.17, 15) is 9.18 Å². The zero-order chi connectivity index (χ0) is 15.0. The van der Waals surface area contributed by atoms with Crippen LogP contribution in [0.3, 0.4) is 0 Å². The lowest BCUT2D eigenvalue weighted by Gasteiger charge is -2.23. The first-order valence-corrected chi connectivity index (χ1v) is 7.25. The summed E-state index contributed by atoms with van der Waals surface area (Å²) in [5.74, 6) is -0.648. The highest BCUT2D eigenvalue weighted by Gasteiger charge is 2.14. The fourth-order valence-electron chi connectivity index (χ4n) is 2.11. The molecule has 1 aromatic rings.